The fourth-order valence-electron chi connectivity index (χ4n) is 3.12. The molecule has 1 N–H and O–H groups in total. The Morgan fingerprint density at radius 2 is 1.78 bits per heavy atom. The molecule has 0 radical (unpaired) electrons. The van der Waals surface area contributed by atoms with Crippen LogP contribution < -0.4 is 5.32 Å². The van der Waals surface area contributed by atoms with Gasteiger partial charge in [-0.3, -0.25) is 4.79 Å². The highest BCUT2D eigenvalue weighted by Crippen LogP contribution is 2.36. The third kappa shape index (κ3) is 4.03. The first kappa shape index (κ1) is 21.4. The second kappa shape index (κ2) is 7.39. The van der Waals surface area contributed by atoms with Crippen molar-refractivity contribution in [3.05, 3.63) is 71.4 Å². The number of oxazole rings is 1. The van der Waals surface area contributed by atoms with Crippen LogP contribution in [-0.2, 0) is 12.4 Å². The molecule has 0 saturated heterocycles. The number of carbonyl (C=O) groups excluding carboxylic acids is 1. The second-order valence-electron chi connectivity index (χ2n) is 6.73. The summed E-state index contributed by atoms with van der Waals surface area (Å²) in [5, 5.41) is 5.85. The van der Waals surface area contributed by atoms with E-state index in [1.165, 1.54) is 18.2 Å². The van der Waals surface area contributed by atoms with E-state index >= 15 is 0 Å². The minimum Gasteiger partial charge on any atom is -0.441 e. The summed E-state index contributed by atoms with van der Waals surface area (Å²) in [4.78, 5) is 16.7. The van der Waals surface area contributed by atoms with Crippen LogP contribution >= 0.6 is 0 Å². The summed E-state index contributed by atoms with van der Waals surface area (Å²) in [5.41, 5.74) is -3.05. The molecule has 166 valence electrons. The molecular weight excluding hydrogens is 442 g/mol. The number of alkyl halides is 6. The molecule has 4 rings (SSSR count). The van der Waals surface area contributed by atoms with E-state index in [9.17, 15) is 31.1 Å². The van der Waals surface area contributed by atoms with E-state index in [1.54, 1.807) is 6.92 Å². The molecule has 6 nitrogen and oxygen atoms in total. The van der Waals surface area contributed by atoms with Gasteiger partial charge in [0.05, 0.1) is 23.0 Å². The Morgan fingerprint density at radius 3 is 2.47 bits per heavy atom. The van der Waals surface area contributed by atoms with Gasteiger partial charge < -0.3 is 9.73 Å². The van der Waals surface area contributed by atoms with Gasteiger partial charge >= 0.3 is 12.4 Å². The molecule has 0 atom stereocenters. The van der Waals surface area contributed by atoms with Crippen molar-refractivity contribution in [1.82, 2.24) is 14.8 Å². The van der Waals surface area contributed by atoms with Crippen molar-refractivity contribution in [2.24, 2.45) is 0 Å². The molecule has 2 aromatic carbocycles. The molecule has 1 amide bonds. The average molecular weight is 454 g/mol. The fourth-order valence-corrected chi connectivity index (χ4v) is 3.12. The van der Waals surface area contributed by atoms with Crippen LogP contribution in [0.25, 0.3) is 16.8 Å². The monoisotopic (exact) mass is 454 g/mol. The third-order valence-electron chi connectivity index (χ3n) is 4.45. The normalized spacial score (nSPS) is 12.3. The summed E-state index contributed by atoms with van der Waals surface area (Å²) in [6, 6.07) is 7.53. The molecule has 12 heteroatoms. The predicted octanol–water partition coefficient (Wildman–Crippen LogP) is 5.61. The number of benzene rings is 2. The van der Waals surface area contributed by atoms with E-state index in [0.717, 1.165) is 18.2 Å². The number of rotatable bonds is 3. The Balaban J connectivity index is 1.73. The van der Waals surface area contributed by atoms with Crippen LogP contribution in [0.5, 0.6) is 0 Å². The number of anilines is 1. The zero-order valence-electron chi connectivity index (χ0n) is 16.0. The Labute approximate surface area is 175 Å². The van der Waals surface area contributed by atoms with Crippen molar-refractivity contribution in [3.63, 3.8) is 0 Å². The van der Waals surface area contributed by atoms with Gasteiger partial charge in [0.2, 0.25) is 0 Å². The van der Waals surface area contributed by atoms with E-state index < -0.39 is 40.8 Å². The van der Waals surface area contributed by atoms with Crippen LogP contribution in [0.4, 0.5) is 32.0 Å². The number of nitrogens with one attached hydrogen (secondary N) is 1. The lowest BCUT2D eigenvalue weighted by molar-refractivity contribution is -0.143. The molecule has 0 aliphatic rings. The van der Waals surface area contributed by atoms with Gasteiger partial charge in [-0.15, -0.1) is 0 Å². The fraction of sp³-hybridized carbons (Fsp3) is 0.150. The number of nitrogens with zero attached hydrogens (tertiary/aromatic N) is 3. The van der Waals surface area contributed by atoms with Gasteiger partial charge in [0.1, 0.15) is 5.52 Å². The molecule has 4 aromatic rings. The summed E-state index contributed by atoms with van der Waals surface area (Å²) in [7, 11) is 0. The molecule has 2 heterocycles. The summed E-state index contributed by atoms with van der Waals surface area (Å²) in [6.07, 6.45) is -9.19. The van der Waals surface area contributed by atoms with E-state index in [2.05, 4.69) is 15.4 Å². The first-order valence-corrected chi connectivity index (χ1v) is 8.95. The third-order valence-corrected chi connectivity index (χ3v) is 4.45. The van der Waals surface area contributed by atoms with Gasteiger partial charge in [0, 0.05) is 12.6 Å². The quantitative estimate of drug-likeness (QED) is 0.409. The zero-order valence-corrected chi connectivity index (χ0v) is 16.0. The Morgan fingerprint density at radius 1 is 1.03 bits per heavy atom. The van der Waals surface area contributed by atoms with Crippen LogP contribution in [0.2, 0.25) is 0 Å². The molecule has 0 aliphatic carbocycles. The maximum absolute atomic E-state index is 13.8. The maximum atomic E-state index is 13.8. The van der Waals surface area contributed by atoms with Crippen molar-refractivity contribution < 1.29 is 35.6 Å². The SMILES string of the molecule is Cc1nc2cc(NC(=O)c3cnn(-c4cccc(C(F)(F)F)c4)c3C(F)(F)F)ccc2o1. The molecule has 0 bridgehead atoms. The van der Waals surface area contributed by atoms with Crippen LogP contribution in [0.1, 0.15) is 27.5 Å². The van der Waals surface area contributed by atoms with E-state index in [-0.39, 0.29) is 10.4 Å². The lowest BCUT2D eigenvalue weighted by Gasteiger charge is -2.14. The molecule has 0 saturated carbocycles. The minimum atomic E-state index is -5.08. The topological polar surface area (TPSA) is 73.0 Å². The summed E-state index contributed by atoms with van der Waals surface area (Å²) < 4.78 is 85.9. The molecule has 32 heavy (non-hydrogen) atoms. The van der Waals surface area contributed by atoms with Crippen molar-refractivity contribution in [2.75, 3.05) is 5.32 Å². The van der Waals surface area contributed by atoms with E-state index in [1.807, 2.05) is 0 Å². The van der Waals surface area contributed by atoms with Crippen LogP contribution in [0.15, 0.2) is 53.1 Å². The number of aromatic nitrogens is 3. The predicted molar refractivity (Wildman–Crippen MR) is 100 cm³/mol. The second-order valence-corrected chi connectivity index (χ2v) is 6.73. The Hall–Kier alpha value is -3.83. The molecule has 0 spiro atoms. The van der Waals surface area contributed by atoms with Crippen molar-refractivity contribution in [3.8, 4) is 5.69 Å². The zero-order chi connectivity index (χ0) is 23.3. The van der Waals surface area contributed by atoms with E-state index in [0.29, 0.717) is 29.3 Å². The molecule has 0 fully saturated rings. The number of halogens is 6. The lowest BCUT2D eigenvalue weighted by Crippen LogP contribution is -2.21. The number of hydrogen-bond donors (Lipinski definition) is 1. The first-order chi connectivity index (χ1) is 14.9. The van der Waals surface area contributed by atoms with Gasteiger partial charge in [0.25, 0.3) is 5.91 Å². The van der Waals surface area contributed by atoms with Crippen molar-refractivity contribution in [1.29, 1.82) is 0 Å². The number of amides is 1. The Kier molecular flexibility index (Phi) is 4.94. The standard InChI is InChI=1S/C20H12F6N4O2/c1-10-28-15-8-12(5-6-16(15)32-10)29-18(31)14-9-27-30(17(14)20(24,25)26)13-4-2-3-11(7-13)19(21,22)23/h2-9H,1H3,(H,29,31). The van der Waals surface area contributed by atoms with Gasteiger partial charge in [-0.2, -0.15) is 31.4 Å². The van der Waals surface area contributed by atoms with Crippen LogP contribution in [0.3, 0.4) is 0 Å². The lowest BCUT2D eigenvalue weighted by atomic mass is 10.1. The molecule has 0 aliphatic heterocycles. The summed E-state index contributed by atoms with van der Waals surface area (Å²) in [6.45, 7) is 1.61. The largest absolute Gasteiger partial charge is 0.441 e. The number of carbonyl (C=O) groups is 1. The summed E-state index contributed by atoms with van der Waals surface area (Å²) in [5.74, 6) is -0.777. The van der Waals surface area contributed by atoms with Crippen molar-refractivity contribution >= 4 is 22.7 Å². The average Bonchev–Trinajstić information content (AvgIpc) is 3.30. The summed E-state index contributed by atoms with van der Waals surface area (Å²) >= 11 is 0. The number of fused-ring (bicyclic) bond motifs is 1. The molecule has 2 aromatic heterocycles. The van der Waals surface area contributed by atoms with E-state index in [4.69, 9.17) is 4.42 Å². The highest BCUT2D eigenvalue weighted by molar-refractivity contribution is 6.05. The Bertz CT molecular complexity index is 1320. The van der Waals surface area contributed by atoms with Crippen LogP contribution in [-0.4, -0.2) is 20.7 Å². The van der Waals surface area contributed by atoms with Gasteiger partial charge in [-0.25, -0.2) is 9.67 Å². The maximum Gasteiger partial charge on any atom is 0.434 e. The highest BCUT2D eigenvalue weighted by Gasteiger charge is 2.41. The molecular formula is C20H12F6N4O2. The van der Waals surface area contributed by atoms with Crippen molar-refractivity contribution in [2.45, 2.75) is 19.3 Å². The molecule has 0 unspecified atom stereocenters. The van der Waals surface area contributed by atoms with Gasteiger partial charge in [0.15, 0.2) is 17.2 Å². The number of aryl methyl sites for hydroxylation is 1. The van der Waals surface area contributed by atoms with Gasteiger partial charge in [-0.1, -0.05) is 6.07 Å². The number of hydrogen-bond acceptors (Lipinski definition) is 4. The van der Waals surface area contributed by atoms with Crippen LogP contribution in [0, 0.1) is 6.92 Å². The minimum absolute atomic E-state index is 0.149. The first-order valence-electron chi connectivity index (χ1n) is 8.95. The smallest absolute Gasteiger partial charge is 0.434 e. The highest BCUT2D eigenvalue weighted by atomic mass is 19.4. The van der Waals surface area contributed by atoms with Gasteiger partial charge in [-0.05, 0) is 36.4 Å².